The Morgan fingerprint density at radius 3 is 2.91 bits per heavy atom. The molecule has 0 radical (unpaired) electrons. The maximum Gasteiger partial charge on any atom is 0.268 e. The van der Waals surface area contributed by atoms with Gasteiger partial charge in [0.25, 0.3) is 11.4 Å². The van der Waals surface area contributed by atoms with Gasteiger partial charge in [-0.05, 0) is 30.5 Å². The van der Waals surface area contributed by atoms with Gasteiger partial charge in [0, 0.05) is 17.1 Å². The fraction of sp³-hybridized carbons (Fsp3) is 0.312. The molecule has 0 aliphatic heterocycles. The van der Waals surface area contributed by atoms with Crippen molar-refractivity contribution in [1.29, 1.82) is 0 Å². The average Bonchev–Trinajstić information content (AvgIpc) is 3.10. The third kappa shape index (κ3) is 3.33. The summed E-state index contributed by atoms with van der Waals surface area (Å²) in [5.41, 5.74) is -0.0795. The van der Waals surface area contributed by atoms with Gasteiger partial charge in [0.2, 0.25) is 0 Å². The van der Waals surface area contributed by atoms with E-state index in [1.54, 1.807) is 34.2 Å². The fourth-order valence-corrected chi connectivity index (χ4v) is 3.31. The highest BCUT2D eigenvalue weighted by Crippen LogP contribution is 2.28. The molecule has 3 heterocycles. The molecule has 0 aliphatic carbocycles. The van der Waals surface area contributed by atoms with Gasteiger partial charge in [-0.25, -0.2) is 0 Å². The van der Waals surface area contributed by atoms with Crippen LogP contribution >= 0.6 is 11.3 Å². The van der Waals surface area contributed by atoms with Crippen LogP contribution in [0.2, 0.25) is 0 Å². The molecule has 0 fully saturated rings. The molecular weight excluding hydrogens is 298 g/mol. The third-order valence-corrected chi connectivity index (χ3v) is 4.26. The first-order valence-corrected chi connectivity index (χ1v) is 8.00. The van der Waals surface area contributed by atoms with Crippen LogP contribution in [0.3, 0.4) is 0 Å². The van der Waals surface area contributed by atoms with Crippen LogP contribution in [0, 0.1) is 5.92 Å². The Bertz CT molecular complexity index is 816. The minimum Gasteiger partial charge on any atom is -0.333 e. The van der Waals surface area contributed by atoms with Crippen molar-refractivity contribution in [3.8, 4) is 10.8 Å². The van der Waals surface area contributed by atoms with E-state index < -0.39 is 0 Å². The number of hydrogen-bond donors (Lipinski definition) is 0. The predicted molar refractivity (Wildman–Crippen MR) is 86.0 cm³/mol. The van der Waals surface area contributed by atoms with Crippen LogP contribution in [0.5, 0.6) is 0 Å². The molecule has 0 amide bonds. The lowest BCUT2D eigenvalue weighted by Gasteiger charge is -1.99. The minimum absolute atomic E-state index is 0.0795. The van der Waals surface area contributed by atoms with E-state index in [0.717, 1.165) is 11.3 Å². The van der Waals surface area contributed by atoms with Crippen molar-refractivity contribution in [1.82, 2.24) is 14.7 Å². The molecule has 114 valence electrons. The number of thiophene rings is 1. The van der Waals surface area contributed by atoms with Gasteiger partial charge >= 0.3 is 0 Å². The van der Waals surface area contributed by atoms with Gasteiger partial charge < -0.3 is 9.09 Å². The summed E-state index contributed by atoms with van der Waals surface area (Å²) < 4.78 is 6.86. The molecule has 22 heavy (non-hydrogen) atoms. The molecular formula is C16H17N3O2S. The molecule has 6 heteroatoms. The van der Waals surface area contributed by atoms with Crippen LogP contribution in [0.1, 0.15) is 24.5 Å². The van der Waals surface area contributed by atoms with E-state index in [2.05, 4.69) is 30.1 Å². The minimum atomic E-state index is -0.0795. The van der Waals surface area contributed by atoms with Gasteiger partial charge in [-0.1, -0.05) is 25.1 Å². The van der Waals surface area contributed by atoms with Crippen LogP contribution in [0.4, 0.5) is 0 Å². The highest BCUT2D eigenvalue weighted by Gasteiger charge is 2.12. The molecule has 3 aromatic heterocycles. The lowest BCUT2D eigenvalue weighted by Crippen LogP contribution is -2.18. The maximum absolute atomic E-state index is 11.7. The molecule has 0 atom stereocenters. The molecule has 0 saturated heterocycles. The number of nitrogens with zero attached hydrogens (tertiary/aromatic N) is 3. The Hall–Kier alpha value is -2.21. The Balaban J connectivity index is 1.78. The van der Waals surface area contributed by atoms with Crippen LogP contribution in [0.15, 0.2) is 45.8 Å². The van der Waals surface area contributed by atoms with Crippen molar-refractivity contribution in [3.05, 3.63) is 57.6 Å². The van der Waals surface area contributed by atoms with Crippen LogP contribution in [-0.4, -0.2) is 14.7 Å². The van der Waals surface area contributed by atoms with Crippen LogP contribution in [0.25, 0.3) is 10.8 Å². The van der Waals surface area contributed by atoms with E-state index in [1.807, 2.05) is 6.07 Å². The Labute approximate surface area is 132 Å². The summed E-state index contributed by atoms with van der Waals surface area (Å²) >= 11 is 1.67. The standard InChI is InChI=1S/C16H17N3O2S/c1-11(2)9-12-6-7-13(22-12)16-17-14(18-21-16)10-19-8-4-3-5-15(19)20/h3-8,11H,9-10H2,1-2H3. The Kier molecular flexibility index (Phi) is 4.20. The van der Waals surface area contributed by atoms with Gasteiger partial charge in [0.05, 0.1) is 11.4 Å². The highest BCUT2D eigenvalue weighted by molar-refractivity contribution is 7.15. The molecule has 3 aromatic rings. The van der Waals surface area contributed by atoms with E-state index in [1.165, 1.54) is 10.9 Å². The average molecular weight is 315 g/mol. The third-order valence-electron chi connectivity index (χ3n) is 3.16. The molecule has 0 saturated carbocycles. The van der Waals surface area contributed by atoms with Gasteiger partial charge in [-0.15, -0.1) is 11.3 Å². The van der Waals surface area contributed by atoms with Crippen molar-refractivity contribution >= 4 is 11.3 Å². The maximum atomic E-state index is 11.7. The van der Waals surface area contributed by atoms with E-state index in [0.29, 0.717) is 24.2 Å². The smallest absolute Gasteiger partial charge is 0.268 e. The molecule has 5 nitrogen and oxygen atoms in total. The number of hydrogen-bond acceptors (Lipinski definition) is 5. The SMILES string of the molecule is CC(C)Cc1ccc(-c2nc(Cn3ccccc3=O)no2)s1. The summed E-state index contributed by atoms with van der Waals surface area (Å²) in [4.78, 5) is 18.3. The fourth-order valence-electron chi connectivity index (χ4n) is 2.17. The first-order valence-electron chi connectivity index (χ1n) is 7.19. The van der Waals surface area contributed by atoms with Crippen molar-refractivity contribution in [2.45, 2.75) is 26.8 Å². The zero-order valence-electron chi connectivity index (χ0n) is 12.5. The summed E-state index contributed by atoms with van der Waals surface area (Å²) in [5, 5.41) is 3.96. The van der Waals surface area contributed by atoms with E-state index in [4.69, 9.17) is 4.52 Å². The van der Waals surface area contributed by atoms with Crippen LogP contribution in [-0.2, 0) is 13.0 Å². The van der Waals surface area contributed by atoms with E-state index in [-0.39, 0.29) is 5.56 Å². The number of pyridine rings is 1. The second-order valence-corrected chi connectivity index (χ2v) is 6.71. The molecule has 0 spiro atoms. The van der Waals surface area contributed by atoms with Crippen molar-refractivity contribution < 1.29 is 4.52 Å². The second-order valence-electron chi connectivity index (χ2n) is 5.55. The van der Waals surface area contributed by atoms with Crippen molar-refractivity contribution in [2.24, 2.45) is 5.92 Å². The molecule has 0 N–H and O–H groups in total. The summed E-state index contributed by atoms with van der Waals surface area (Å²) in [6.07, 6.45) is 2.76. The topological polar surface area (TPSA) is 60.9 Å². The highest BCUT2D eigenvalue weighted by atomic mass is 32.1. The summed E-state index contributed by atoms with van der Waals surface area (Å²) in [6.45, 7) is 4.71. The number of aromatic nitrogens is 3. The van der Waals surface area contributed by atoms with E-state index >= 15 is 0 Å². The van der Waals surface area contributed by atoms with Gasteiger partial charge in [0.15, 0.2) is 5.82 Å². The molecule has 3 rings (SSSR count). The zero-order chi connectivity index (χ0) is 15.5. The predicted octanol–water partition coefficient (Wildman–Crippen LogP) is 3.21. The quantitative estimate of drug-likeness (QED) is 0.725. The molecule has 0 aliphatic rings. The first kappa shape index (κ1) is 14.7. The lowest BCUT2D eigenvalue weighted by molar-refractivity contribution is 0.421. The first-order chi connectivity index (χ1) is 10.6. The summed E-state index contributed by atoms with van der Waals surface area (Å²) in [5.74, 6) is 1.63. The normalized spacial score (nSPS) is 11.2. The van der Waals surface area contributed by atoms with Gasteiger partial charge in [-0.3, -0.25) is 4.79 Å². The van der Waals surface area contributed by atoms with Crippen LogP contribution < -0.4 is 5.56 Å². The second kappa shape index (κ2) is 6.27. The zero-order valence-corrected chi connectivity index (χ0v) is 13.3. The van der Waals surface area contributed by atoms with Gasteiger partial charge in [0.1, 0.15) is 0 Å². The molecule has 0 bridgehead atoms. The lowest BCUT2D eigenvalue weighted by atomic mass is 10.1. The van der Waals surface area contributed by atoms with Crippen molar-refractivity contribution in [3.63, 3.8) is 0 Å². The summed E-state index contributed by atoms with van der Waals surface area (Å²) in [6, 6.07) is 9.14. The molecule has 0 unspecified atom stereocenters. The molecule has 0 aromatic carbocycles. The number of rotatable bonds is 5. The van der Waals surface area contributed by atoms with Gasteiger partial charge in [-0.2, -0.15) is 4.98 Å². The largest absolute Gasteiger partial charge is 0.333 e. The Morgan fingerprint density at radius 2 is 2.14 bits per heavy atom. The summed E-state index contributed by atoms with van der Waals surface area (Å²) in [7, 11) is 0. The Morgan fingerprint density at radius 1 is 1.27 bits per heavy atom. The monoisotopic (exact) mass is 315 g/mol. The van der Waals surface area contributed by atoms with E-state index in [9.17, 15) is 4.79 Å². The van der Waals surface area contributed by atoms with Crippen molar-refractivity contribution in [2.75, 3.05) is 0 Å².